The molecule has 0 saturated heterocycles. The fraction of sp³-hybridized carbons (Fsp3) is 0.333. The second kappa shape index (κ2) is 7.33. The maximum atomic E-state index is 11.8. The SMILES string of the molecule is O=C(CNc1ccccc1)NNC(=O)[C@@H]1CC=CCC1. The molecule has 1 aromatic rings. The molecular formula is C15H19N3O2. The second-order valence-electron chi connectivity index (χ2n) is 4.74. The molecule has 0 spiro atoms. The van der Waals surface area contributed by atoms with Gasteiger partial charge in [-0.2, -0.15) is 0 Å². The molecule has 0 unspecified atom stereocenters. The lowest BCUT2D eigenvalue weighted by Crippen LogP contribution is -2.46. The first-order valence-corrected chi connectivity index (χ1v) is 6.78. The molecule has 5 heteroatoms. The molecule has 0 bridgehead atoms. The zero-order valence-corrected chi connectivity index (χ0v) is 11.3. The fourth-order valence-corrected chi connectivity index (χ4v) is 2.05. The summed E-state index contributed by atoms with van der Waals surface area (Å²) in [6.07, 6.45) is 6.57. The minimum Gasteiger partial charge on any atom is -0.376 e. The summed E-state index contributed by atoms with van der Waals surface area (Å²) in [6, 6.07) is 9.43. The van der Waals surface area contributed by atoms with Crippen LogP contribution < -0.4 is 16.2 Å². The van der Waals surface area contributed by atoms with E-state index in [1.807, 2.05) is 36.4 Å². The van der Waals surface area contributed by atoms with E-state index in [0.717, 1.165) is 24.9 Å². The van der Waals surface area contributed by atoms with Crippen LogP contribution in [0.4, 0.5) is 5.69 Å². The first kappa shape index (κ1) is 14.1. The number of benzene rings is 1. The summed E-state index contributed by atoms with van der Waals surface area (Å²) < 4.78 is 0. The fourth-order valence-electron chi connectivity index (χ4n) is 2.05. The van der Waals surface area contributed by atoms with Crippen molar-refractivity contribution in [2.45, 2.75) is 19.3 Å². The maximum absolute atomic E-state index is 11.8. The smallest absolute Gasteiger partial charge is 0.257 e. The second-order valence-corrected chi connectivity index (χ2v) is 4.74. The molecule has 1 atom stereocenters. The molecule has 0 aliphatic heterocycles. The Morgan fingerprint density at radius 1 is 1.10 bits per heavy atom. The van der Waals surface area contributed by atoms with Crippen LogP contribution in [0.5, 0.6) is 0 Å². The molecule has 20 heavy (non-hydrogen) atoms. The molecule has 5 nitrogen and oxygen atoms in total. The van der Waals surface area contributed by atoms with Crippen LogP contribution in [-0.2, 0) is 9.59 Å². The normalized spacial score (nSPS) is 17.3. The van der Waals surface area contributed by atoms with Gasteiger partial charge in [0.05, 0.1) is 6.54 Å². The van der Waals surface area contributed by atoms with E-state index in [9.17, 15) is 9.59 Å². The molecule has 2 rings (SSSR count). The van der Waals surface area contributed by atoms with Crippen molar-refractivity contribution in [3.05, 3.63) is 42.5 Å². The van der Waals surface area contributed by atoms with E-state index in [2.05, 4.69) is 22.2 Å². The minimum atomic E-state index is -0.270. The third-order valence-corrected chi connectivity index (χ3v) is 3.19. The van der Waals surface area contributed by atoms with E-state index in [-0.39, 0.29) is 24.3 Å². The van der Waals surface area contributed by atoms with E-state index in [1.54, 1.807) is 0 Å². The lowest BCUT2D eigenvalue weighted by molar-refractivity contribution is -0.130. The van der Waals surface area contributed by atoms with Crippen molar-refractivity contribution in [1.82, 2.24) is 10.9 Å². The Kier molecular flexibility index (Phi) is 5.17. The highest BCUT2D eigenvalue weighted by Crippen LogP contribution is 2.17. The number of hydrazine groups is 1. The predicted molar refractivity (Wildman–Crippen MR) is 77.7 cm³/mol. The third-order valence-electron chi connectivity index (χ3n) is 3.19. The van der Waals surface area contributed by atoms with Gasteiger partial charge in [0.15, 0.2) is 0 Å². The molecule has 0 heterocycles. The molecule has 0 aromatic heterocycles. The zero-order valence-electron chi connectivity index (χ0n) is 11.3. The minimum absolute atomic E-state index is 0.0395. The number of rotatable bonds is 4. The van der Waals surface area contributed by atoms with E-state index >= 15 is 0 Å². The van der Waals surface area contributed by atoms with Crippen LogP contribution in [0.25, 0.3) is 0 Å². The van der Waals surface area contributed by atoms with Gasteiger partial charge in [0.2, 0.25) is 5.91 Å². The van der Waals surface area contributed by atoms with Crippen LogP contribution in [0.3, 0.4) is 0 Å². The summed E-state index contributed by atoms with van der Waals surface area (Å²) in [5, 5.41) is 2.97. The van der Waals surface area contributed by atoms with Crippen molar-refractivity contribution in [3.8, 4) is 0 Å². The Labute approximate surface area is 118 Å². The third kappa shape index (κ3) is 4.42. The summed E-state index contributed by atoms with van der Waals surface area (Å²) in [5.41, 5.74) is 5.77. The molecule has 0 radical (unpaired) electrons. The molecule has 1 aliphatic carbocycles. The number of carbonyl (C=O) groups excluding carboxylic acids is 2. The van der Waals surface area contributed by atoms with Gasteiger partial charge in [-0.05, 0) is 31.4 Å². The highest BCUT2D eigenvalue weighted by Gasteiger charge is 2.18. The number of nitrogens with one attached hydrogen (secondary N) is 3. The average molecular weight is 273 g/mol. The number of para-hydroxylation sites is 1. The standard InChI is InChI=1S/C15H19N3O2/c19-14(11-16-13-9-5-2-6-10-13)17-18-15(20)12-7-3-1-4-8-12/h1-3,5-6,9-10,12,16H,4,7-8,11H2,(H,17,19)(H,18,20)/t12-/m1/s1. The summed E-state index contributed by atoms with van der Waals surface area (Å²) in [7, 11) is 0. The van der Waals surface area contributed by atoms with Crippen molar-refractivity contribution in [2.24, 2.45) is 5.92 Å². The summed E-state index contributed by atoms with van der Waals surface area (Å²) in [6.45, 7) is 0.120. The Balaban J connectivity index is 1.67. The van der Waals surface area contributed by atoms with Crippen molar-refractivity contribution < 1.29 is 9.59 Å². The Bertz CT molecular complexity index is 485. The van der Waals surface area contributed by atoms with Crippen molar-refractivity contribution in [1.29, 1.82) is 0 Å². The van der Waals surface area contributed by atoms with Gasteiger partial charge in [-0.15, -0.1) is 0 Å². The predicted octanol–water partition coefficient (Wildman–Crippen LogP) is 1.60. The van der Waals surface area contributed by atoms with Gasteiger partial charge >= 0.3 is 0 Å². The molecule has 0 fully saturated rings. The number of amides is 2. The quantitative estimate of drug-likeness (QED) is 0.576. The van der Waals surface area contributed by atoms with Gasteiger partial charge in [-0.25, -0.2) is 0 Å². The average Bonchev–Trinajstić information content (AvgIpc) is 2.52. The Morgan fingerprint density at radius 3 is 2.60 bits per heavy atom. The molecular weight excluding hydrogens is 254 g/mol. The zero-order chi connectivity index (χ0) is 14.2. The van der Waals surface area contributed by atoms with Gasteiger partial charge in [0, 0.05) is 11.6 Å². The number of allylic oxidation sites excluding steroid dienone is 2. The van der Waals surface area contributed by atoms with Crippen molar-refractivity contribution >= 4 is 17.5 Å². The molecule has 0 saturated carbocycles. The van der Waals surface area contributed by atoms with E-state index in [0.29, 0.717) is 0 Å². The monoisotopic (exact) mass is 273 g/mol. The van der Waals surface area contributed by atoms with Crippen molar-refractivity contribution in [2.75, 3.05) is 11.9 Å². The first-order valence-electron chi connectivity index (χ1n) is 6.78. The van der Waals surface area contributed by atoms with E-state index in [4.69, 9.17) is 0 Å². The molecule has 106 valence electrons. The van der Waals surface area contributed by atoms with E-state index in [1.165, 1.54) is 0 Å². The number of carbonyl (C=O) groups is 2. The van der Waals surface area contributed by atoms with Gasteiger partial charge in [-0.1, -0.05) is 30.4 Å². The summed E-state index contributed by atoms with van der Waals surface area (Å²) in [4.78, 5) is 23.4. The number of hydrogen-bond acceptors (Lipinski definition) is 3. The van der Waals surface area contributed by atoms with Crippen LogP contribution in [0.2, 0.25) is 0 Å². The Hall–Kier alpha value is -2.30. The van der Waals surface area contributed by atoms with Crippen molar-refractivity contribution in [3.63, 3.8) is 0 Å². The number of anilines is 1. The van der Waals surface area contributed by atoms with Crippen LogP contribution >= 0.6 is 0 Å². The highest BCUT2D eigenvalue weighted by molar-refractivity contribution is 5.85. The lowest BCUT2D eigenvalue weighted by atomic mass is 9.94. The largest absolute Gasteiger partial charge is 0.376 e. The van der Waals surface area contributed by atoms with Crippen LogP contribution in [0.1, 0.15) is 19.3 Å². The van der Waals surface area contributed by atoms with Crippen LogP contribution in [0.15, 0.2) is 42.5 Å². The first-order chi connectivity index (χ1) is 9.75. The maximum Gasteiger partial charge on any atom is 0.257 e. The van der Waals surface area contributed by atoms with E-state index < -0.39 is 0 Å². The summed E-state index contributed by atoms with van der Waals surface area (Å²) >= 11 is 0. The van der Waals surface area contributed by atoms with Gasteiger partial charge in [-0.3, -0.25) is 20.4 Å². The summed E-state index contributed by atoms with van der Waals surface area (Å²) in [5.74, 6) is -0.432. The van der Waals surface area contributed by atoms with Gasteiger partial charge in [0.25, 0.3) is 5.91 Å². The highest BCUT2D eigenvalue weighted by atomic mass is 16.2. The van der Waals surface area contributed by atoms with Crippen LogP contribution in [0, 0.1) is 5.92 Å². The Morgan fingerprint density at radius 2 is 1.90 bits per heavy atom. The van der Waals surface area contributed by atoms with Gasteiger partial charge < -0.3 is 5.32 Å². The topological polar surface area (TPSA) is 70.2 Å². The molecule has 3 N–H and O–H groups in total. The van der Waals surface area contributed by atoms with Gasteiger partial charge in [0.1, 0.15) is 0 Å². The number of hydrogen-bond donors (Lipinski definition) is 3. The molecule has 1 aliphatic rings. The lowest BCUT2D eigenvalue weighted by Gasteiger charge is -2.17. The van der Waals surface area contributed by atoms with Crippen LogP contribution in [-0.4, -0.2) is 18.4 Å². The molecule has 1 aromatic carbocycles. The molecule has 2 amide bonds.